The Morgan fingerprint density at radius 3 is 1.83 bits per heavy atom. The van der Waals surface area contributed by atoms with Gasteiger partial charge in [-0.15, -0.1) is 0 Å². The van der Waals surface area contributed by atoms with Gasteiger partial charge < -0.3 is 11.1 Å². The van der Waals surface area contributed by atoms with E-state index in [1.807, 2.05) is 0 Å². The van der Waals surface area contributed by atoms with Crippen LogP contribution in [0.4, 0.5) is 17.1 Å². The minimum Gasteiger partial charge on any atom is -0.397 e. The second-order valence-electron chi connectivity index (χ2n) is 8.20. The summed E-state index contributed by atoms with van der Waals surface area (Å²) in [6.07, 6.45) is 0. The molecule has 1 aliphatic rings. The Hall–Kier alpha value is -2.58. The summed E-state index contributed by atoms with van der Waals surface area (Å²) in [5.41, 5.74) is 5.67. The molecule has 4 rings (SSSR count). The smallest absolute Gasteiger partial charge is 0.296 e. The van der Waals surface area contributed by atoms with Gasteiger partial charge in [0.1, 0.15) is 9.79 Å². The Bertz CT molecular complexity index is 1700. The molecule has 0 aliphatic heterocycles. The largest absolute Gasteiger partial charge is 0.397 e. The van der Waals surface area contributed by atoms with Crippen molar-refractivity contribution in [3.63, 3.8) is 0 Å². The summed E-state index contributed by atoms with van der Waals surface area (Å²) in [4.78, 5) is 25.5. The number of benzene rings is 3. The van der Waals surface area contributed by atoms with E-state index in [1.54, 1.807) is 13.0 Å². The monoisotopic (exact) mass is 539 g/mol. The maximum Gasteiger partial charge on any atom is 0.296 e. The summed E-state index contributed by atoms with van der Waals surface area (Å²) in [5, 5.41) is 2.85. The maximum atomic E-state index is 13.4. The number of nitrogen functional groups attached to an aromatic ring is 1. The number of hydrogen-bond acceptors (Lipinski definition) is 8. The Morgan fingerprint density at radius 2 is 1.33 bits per heavy atom. The number of nitrogens with two attached hydrogens (primary N) is 1. The van der Waals surface area contributed by atoms with Crippen LogP contribution in [0.1, 0.15) is 48.5 Å². The Balaban J connectivity index is 0.00000361. The van der Waals surface area contributed by atoms with E-state index in [0.29, 0.717) is 5.56 Å². The van der Waals surface area contributed by atoms with Crippen LogP contribution in [-0.4, -0.2) is 67.1 Å². The number of nitrogens with one attached hydrogen (secondary N) is 1. The van der Waals surface area contributed by atoms with Crippen LogP contribution >= 0.6 is 0 Å². The molecule has 0 saturated heterocycles. The number of anilines is 3. The number of aryl methyl sites for hydroxylation is 2. The van der Waals surface area contributed by atoms with Crippen LogP contribution in [0, 0.1) is 20.8 Å². The fourth-order valence-corrected chi connectivity index (χ4v) is 6.10. The Morgan fingerprint density at radius 1 is 0.806 bits per heavy atom. The molecule has 183 valence electrons. The van der Waals surface area contributed by atoms with Gasteiger partial charge in [0.2, 0.25) is 0 Å². The molecule has 5 N–H and O–H groups in total. The predicted molar refractivity (Wildman–Crippen MR) is 133 cm³/mol. The van der Waals surface area contributed by atoms with Gasteiger partial charge in [-0.3, -0.25) is 18.7 Å². The Labute approximate surface area is 229 Å². The molecule has 10 nitrogen and oxygen atoms in total. The standard InChI is InChI=1S/C23H20N2O8S2.Na/c1-10-8-11(2)23(35(31,32)33)12(3)20(10)25-15-9-16(34(28,29)30)19(24)18-17(15)21(26)13-6-4-5-7-14(13)22(18)27;/h4-9,25H,24H2,1-3H3,(H,28,29,30)(H,31,32,33);. The van der Waals surface area contributed by atoms with Crippen LogP contribution in [0.3, 0.4) is 0 Å². The first-order chi connectivity index (χ1) is 16.1. The van der Waals surface area contributed by atoms with Crippen LogP contribution in [0.25, 0.3) is 0 Å². The van der Waals surface area contributed by atoms with Crippen molar-refractivity contribution in [3.05, 3.63) is 75.3 Å². The van der Waals surface area contributed by atoms with E-state index < -0.39 is 47.9 Å². The van der Waals surface area contributed by atoms with Gasteiger partial charge in [0.15, 0.2) is 11.6 Å². The molecule has 1 aliphatic carbocycles. The quantitative estimate of drug-likeness (QED) is 0.171. The van der Waals surface area contributed by atoms with Gasteiger partial charge in [0.25, 0.3) is 20.2 Å². The minimum atomic E-state index is -4.92. The van der Waals surface area contributed by atoms with Crippen molar-refractivity contribution in [2.24, 2.45) is 0 Å². The molecule has 13 heteroatoms. The zero-order valence-corrected chi connectivity index (χ0v) is 23.3. The molecular formula is C23H20N2NaO8S2. The summed E-state index contributed by atoms with van der Waals surface area (Å²) in [7, 11) is -9.55. The van der Waals surface area contributed by atoms with E-state index >= 15 is 0 Å². The normalized spacial score (nSPS) is 13.0. The van der Waals surface area contributed by atoms with E-state index in [9.17, 15) is 35.5 Å². The topological polar surface area (TPSA) is 181 Å². The first-order valence-corrected chi connectivity index (χ1v) is 13.0. The zero-order valence-electron chi connectivity index (χ0n) is 19.7. The number of rotatable bonds is 4. The fraction of sp³-hybridized carbons (Fsp3) is 0.130. The molecule has 0 fully saturated rings. The third-order valence-corrected chi connectivity index (χ3v) is 7.93. The van der Waals surface area contributed by atoms with Crippen molar-refractivity contribution < 1.29 is 35.5 Å². The summed E-state index contributed by atoms with van der Waals surface area (Å²) >= 11 is 0. The van der Waals surface area contributed by atoms with Gasteiger partial charge in [0.05, 0.1) is 22.5 Å². The van der Waals surface area contributed by atoms with E-state index in [2.05, 4.69) is 5.32 Å². The second kappa shape index (κ2) is 9.38. The average molecular weight is 540 g/mol. The first-order valence-electron chi connectivity index (χ1n) is 10.1. The van der Waals surface area contributed by atoms with Gasteiger partial charge in [-0.05, 0) is 43.5 Å². The van der Waals surface area contributed by atoms with Gasteiger partial charge in [0, 0.05) is 46.4 Å². The van der Waals surface area contributed by atoms with Crippen molar-refractivity contribution in [2.45, 2.75) is 30.6 Å². The summed E-state index contributed by atoms with van der Waals surface area (Å²) in [6, 6.07) is 8.33. The van der Waals surface area contributed by atoms with Crippen molar-refractivity contribution in [1.82, 2.24) is 0 Å². The summed E-state index contributed by atoms with van der Waals surface area (Å²) < 4.78 is 67.6. The van der Waals surface area contributed by atoms with Crippen LogP contribution in [-0.2, 0) is 20.2 Å². The van der Waals surface area contributed by atoms with Crippen LogP contribution in [0.2, 0.25) is 0 Å². The third-order valence-electron chi connectivity index (χ3n) is 5.90. The molecule has 0 saturated carbocycles. The fourth-order valence-electron chi connectivity index (χ4n) is 4.50. The molecule has 3 aromatic rings. The second-order valence-corrected chi connectivity index (χ2v) is 11.0. The number of carbonyl (C=O) groups is 2. The van der Waals surface area contributed by atoms with Crippen molar-refractivity contribution >= 4 is 78.4 Å². The van der Waals surface area contributed by atoms with Crippen molar-refractivity contribution in [3.8, 4) is 0 Å². The molecular weight excluding hydrogens is 519 g/mol. The molecule has 0 spiro atoms. The average Bonchev–Trinajstić information content (AvgIpc) is 2.73. The molecule has 0 unspecified atom stereocenters. The van der Waals surface area contributed by atoms with E-state index in [1.165, 1.54) is 38.1 Å². The number of hydrogen-bond donors (Lipinski definition) is 4. The van der Waals surface area contributed by atoms with E-state index in [0.717, 1.165) is 6.07 Å². The van der Waals surface area contributed by atoms with E-state index in [4.69, 9.17) is 5.73 Å². The molecule has 0 heterocycles. The minimum absolute atomic E-state index is 0. The molecule has 1 radical (unpaired) electrons. The van der Waals surface area contributed by atoms with Crippen LogP contribution < -0.4 is 11.1 Å². The molecule has 0 atom stereocenters. The van der Waals surface area contributed by atoms with E-state index in [-0.39, 0.29) is 73.6 Å². The van der Waals surface area contributed by atoms with Crippen LogP contribution in [0.5, 0.6) is 0 Å². The summed E-state index contributed by atoms with van der Waals surface area (Å²) in [6.45, 7) is 4.54. The zero-order chi connectivity index (χ0) is 26.0. The van der Waals surface area contributed by atoms with Gasteiger partial charge in [-0.1, -0.05) is 30.3 Å². The van der Waals surface area contributed by atoms with Crippen LogP contribution in [0.15, 0.2) is 46.2 Å². The van der Waals surface area contributed by atoms with Gasteiger partial charge in [-0.25, -0.2) is 0 Å². The SMILES string of the molecule is Cc1cc(C)c(S(=O)(=O)O)c(C)c1Nc1cc(S(=O)(=O)O)c(N)c2c1C(=O)c1ccccc1C2=O.[Na]. The number of ketones is 2. The molecule has 0 bridgehead atoms. The third kappa shape index (κ3) is 4.50. The molecule has 0 amide bonds. The Kier molecular flexibility index (Phi) is 7.29. The molecule has 0 aromatic heterocycles. The maximum absolute atomic E-state index is 13.4. The van der Waals surface area contributed by atoms with Gasteiger partial charge in [-0.2, -0.15) is 16.8 Å². The first kappa shape index (κ1) is 28.0. The van der Waals surface area contributed by atoms with Crippen molar-refractivity contribution in [2.75, 3.05) is 11.1 Å². The predicted octanol–water partition coefficient (Wildman–Crippen LogP) is 2.83. The van der Waals surface area contributed by atoms with Crippen molar-refractivity contribution in [1.29, 1.82) is 0 Å². The number of carbonyl (C=O) groups excluding carboxylic acids is 2. The summed E-state index contributed by atoms with van der Waals surface area (Å²) in [5.74, 6) is -1.33. The van der Waals surface area contributed by atoms with Gasteiger partial charge >= 0.3 is 0 Å². The molecule has 3 aromatic carbocycles. The molecule has 36 heavy (non-hydrogen) atoms. The number of fused-ring (bicyclic) bond motifs is 2.